The molecule has 0 amide bonds. The number of benzene rings is 1. The Morgan fingerprint density at radius 2 is 2.04 bits per heavy atom. The summed E-state index contributed by atoms with van der Waals surface area (Å²) < 4.78 is 0. The van der Waals surface area contributed by atoms with E-state index < -0.39 is 0 Å². The van der Waals surface area contributed by atoms with Crippen molar-refractivity contribution in [3.63, 3.8) is 0 Å². The van der Waals surface area contributed by atoms with E-state index in [2.05, 4.69) is 17.0 Å². The molecule has 0 unspecified atom stereocenters. The van der Waals surface area contributed by atoms with E-state index in [1.54, 1.807) is 24.3 Å². The van der Waals surface area contributed by atoms with E-state index in [4.69, 9.17) is 0 Å². The van der Waals surface area contributed by atoms with Crippen molar-refractivity contribution in [3.05, 3.63) is 46.2 Å². The van der Waals surface area contributed by atoms with E-state index in [1.165, 1.54) is 9.80 Å². The summed E-state index contributed by atoms with van der Waals surface area (Å²) >= 11 is 0. The van der Waals surface area contributed by atoms with Crippen LogP contribution in [0.2, 0.25) is 0 Å². The van der Waals surface area contributed by atoms with Crippen molar-refractivity contribution in [1.29, 1.82) is 5.26 Å². The van der Waals surface area contributed by atoms with Crippen molar-refractivity contribution in [1.82, 2.24) is 9.97 Å². The second-order valence-electron chi connectivity index (χ2n) is 6.25. The van der Waals surface area contributed by atoms with E-state index in [0.717, 1.165) is 26.2 Å². The van der Waals surface area contributed by atoms with Crippen molar-refractivity contribution in [2.75, 3.05) is 39.8 Å². The number of fused-ring (bicyclic) bond motifs is 1. The number of hydrogen-bond donors (Lipinski definition) is 4. The van der Waals surface area contributed by atoms with Crippen LogP contribution >= 0.6 is 0 Å². The van der Waals surface area contributed by atoms with Gasteiger partial charge in [-0.1, -0.05) is 12.1 Å². The first-order chi connectivity index (χ1) is 11.6. The van der Waals surface area contributed by atoms with Gasteiger partial charge >= 0.3 is 0 Å². The lowest BCUT2D eigenvalue weighted by atomic mass is 10.2. The number of rotatable bonds is 3. The number of nitrogens with zero attached hydrogens (tertiary/aromatic N) is 2. The highest BCUT2D eigenvalue weighted by Gasteiger charge is 2.23. The maximum atomic E-state index is 12.2. The molecule has 0 bridgehead atoms. The Kier molecular flexibility index (Phi) is 4.60. The van der Waals surface area contributed by atoms with Crippen LogP contribution in [0.4, 0.5) is 0 Å². The van der Waals surface area contributed by atoms with Crippen LogP contribution in [0.5, 0.6) is 0 Å². The van der Waals surface area contributed by atoms with Gasteiger partial charge in [-0.2, -0.15) is 5.26 Å². The Balaban J connectivity index is 1.93. The second-order valence-corrected chi connectivity index (χ2v) is 6.25. The first-order valence-corrected chi connectivity index (χ1v) is 8.05. The largest absolute Gasteiger partial charge is 0.506 e. The minimum absolute atomic E-state index is 0.0227. The molecule has 124 valence electrons. The third-order valence-electron chi connectivity index (χ3n) is 4.48. The van der Waals surface area contributed by atoms with Gasteiger partial charge in [-0.15, -0.1) is 0 Å². The number of aromatic nitrogens is 2. The molecular formula is C17H21N5O2+2. The molecule has 0 aliphatic carbocycles. The normalized spacial score (nSPS) is 22.0. The molecule has 1 aliphatic heterocycles. The summed E-state index contributed by atoms with van der Waals surface area (Å²) in [6, 6.07) is 8.92. The molecule has 1 aromatic heterocycles. The van der Waals surface area contributed by atoms with Crippen LogP contribution < -0.4 is 15.4 Å². The first-order valence-electron chi connectivity index (χ1n) is 8.05. The van der Waals surface area contributed by atoms with Gasteiger partial charge < -0.3 is 19.9 Å². The van der Waals surface area contributed by atoms with Gasteiger partial charge in [0.25, 0.3) is 5.56 Å². The van der Waals surface area contributed by atoms with Crippen molar-refractivity contribution in [2.24, 2.45) is 0 Å². The molecule has 1 fully saturated rings. The highest BCUT2D eigenvalue weighted by molar-refractivity contribution is 5.81. The van der Waals surface area contributed by atoms with Gasteiger partial charge in [0.15, 0.2) is 11.6 Å². The number of H-pyrrole nitrogens is 1. The summed E-state index contributed by atoms with van der Waals surface area (Å²) in [5, 5.41) is 20.3. The number of allylic oxidation sites excluding steroid dienone is 1. The predicted octanol–water partition coefficient (Wildman–Crippen LogP) is -1.87. The van der Waals surface area contributed by atoms with E-state index in [9.17, 15) is 15.2 Å². The third kappa shape index (κ3) is 3.30. The topological polar surface area (TPSA) is 98.6 Å². The summed E-state index contributed by atoms with van der Waals surface area (Å²) in [5.41, 5.74) is 0.232. The fourth-order valence-electron chi connectivity index (χ4n) is 2.99. The SMILES string of the molecule is C[NH+]1CC[NH+](C/C(O)=C(\C#N)c2nc3ccccc3c(=O)[nH]2)CC1. The number of aliphatic hydroxyl groups excluding tert-OH is 1. The van der Waals surface area contributed by atoms with Gasteiger partial charge in [0.1, 0.15) is 44.4 Å². The van der Waals surface area contributed by atoms with E-state index >= 15 is 0 Å². The number of nitriles is 1. The molecule has 1 aliphatic rings. The molecule has 4 N–H and O–H groups in total. The minimum atomic E-state index is -0.313. The number of nitrogens with one attached hydrogen (secondary N) is 3. The van der Waals surface area contributed by atoms with Crippen molar-refractivity contribution >= 4 is 16.5 Å². The zero-order chi connectivity index (χ0) is 17.1. The molecule has 3 rings (SSSR count). The first kappa shape index (κ1) is 16.2. The Morgan fingerprint density at radius 1 is 1.33 bits per heavy atom. The van der Waals surface area contributed by atoms with Gasteiger partial charge in [-0.25, -0.2) is 4.98 Å². The highest BCUT2D eigenvalue weighted by Crippen LogP contribution is 2.13. The molecule has 0 radical (unpaired) electrons. The Morgan fingerprint density at radius 3 is 2.75 bits per heavy atom. The van der Waals surface area contributed by atoms with Crippen molar-refractivity contribution in [3.8, 4) is 6.07 Å². The lowest BCUT2D eigenvalue weighted by Crippen LogP contribution is -3.27. The lowest BCUT2D eigenvalue weighted by Gasteiger charge is -2.27. The molecule has 7 heteroatoms. The van der Waals surface area contributed by atoms with Crippen molar-refractivity contribution < 1.29 is 14.9 Å². The summed E-state index contributed by atoms with van der Waals surface area (Å²) in [6.45, 7) is 4.32. The van der Waals surface area contributed by atoms with Crippen LogP contribution in [-0.2, 0) is 0 Å². The fourth-order valence-corrected chi connectivity index (χ4v) is 2.99. The van der Waals surface area contributed by atoms with Gasteiger partial charge in [-0.3, -0.25) is 4.79 Å². The van der Waals surface area contributed by atoms with Crippen LogP contribution in [0.15, 0.2) is 34.8 Å². The van der Waals surface area contributed by atoms with Gasteiger partial charge in [0, 0.05) is 0 Å². The van der Waals surface area contributed by atoms with Crippen LogP contribution in [0.3, 0.4) is 0 Å². The fraction of sp³-hybridized carbons (Fsp3) is 0.353. The quantitative estimate of drug-likeness (QED) is 0.392. The molecule has 24 heavy (non-hydrogen) atoms. The smallest absolute Gasteiger partial charge is 0.259 e. The monoisotopic (exact) mass is 327 g/mol. The predicted molar refractivity (Wildman–Crippen MR) is 89.7 cm³/mol. The van der Waals surface area contributed by atoms with Gasteiger partial charge in [-0.05, 0) is 12.1 Å². The average Bonchev–Trinajstić information content (AvgIpc) is 2.58. The second kappa shape index (κ2) is 6.83. The summed E-state index contributed by atoms with van der Waals surface area (Å²) in [6.07, 6.45) is 0. The summed E-state index contributed by atoms with van der Waals surface area (Å²) in [4.78, 5) is 21.8. The molecule has 2 aromatic rings. The van der Waals surface area contributed by atoms with Gasteiger partial charge in [0.05, 0.1) is 18.0 Å². The molecule has 0 saturated carbocycles. The number of para-hydroxylation sites is 1. The van der Waals surface area contributed by atoms with E-state index in [1.807, 2.05) is 6.07 Å². The molecule has 1 aromatic carbocycles. The van der Waals surface area contributed by atoms with Crippen LogP contribution in [0.1, 0.15) is 5.82 Å². The standard InChI is InChI=1S/C17H19N5O2/c1-21-6-8-22(9-7-21)11-15(23)13(10-18)16-19-14-5-3-2-4-12(14)17(24)20-16/h2-5,23H,6-9,11H2,1H3,(H,19,20,24)/p+2/b15-13-. The third-order valence-corrected chi connectivity index (χ3v) is 4.48. The highest BCUT2D eigenvalue weighted by atomic mass is 16.3. The molecule has 7 nitrogen and oxygen atoms in total. The van der Waals surface area contributed by atoms with Crippen LogP contribution in [0, 0.1) is 11.3 Å². The van der Waals surface area contributed by atoms with Gasteiger partial charge in [0.2, 0.25) is 0 Å². The zero-order valence-corrected chi connectivity index (χ0v) is 13.6. The number of hydrogen-bond acceptors (Lipinski definition) is 4. The maximum absolute atomic E-state index is 12.2. The molecule has 2 heterocycles. The Bertz CT molecular complexity index is 872. The zero-order valence-electron chi connectivity index (χ0n) is 13.6. The summed E-state index contributed by atoms with van der Waals surface area (Å²) in [5.74, 6) is 0.100. The number of likely N-dealkylation sites (N-methyl/N-ethyl adjacent to an activating group) is 1. The summed E-state index contributed by atoms with van der Waals surface area (Å²) in [7, 11) is 2.15. The van der Waals surface area contributed by atoms with E-state index in [0.29, 0.717) is 17.4 Å². The van der Waals surface area contributed by atoms with E-state index in [-0.39, 0.29) is 22.7 Å². The Hall–Kier alpha value is -2.69. The minimum Gasteiger partial charge on any atom is -0.506 e. The van der Waals surface area contributed by atoms with Crippen molar-refractivity contribution in [2.45, 2.75) is 0 Å². The molecular weight excluding hydrogens is 306 g/mol. The van der Waals surface area contributed by atoms with Crippen LogP contribution in [0.25, 0.3) is 16.5 Å². The lowest BCUT2D eigenvalue weighted by molar-refractivity contribution is -1.00. The van der Waals surface area contributed by atoms with Crippen LogP contribution in [-0.4, -0.2) is 54.8 Å². The molecule has 0 spiro atoms. The molecule has 1 saturated heterocycles. The molecule has 0 atom stereocenters. The number of quaternary nitrogens is 2. The maximum Gasteiger partial charge on any atom is 0.259 e. The number of aliphatic hydroxyl groups is 1. The number of piperazine rings is 1. The Labute approximate surface area is 139 Å². The number of aromatic amines is 1. The average molecular weight is 327 g/mol.